The van der Waals surface area contributed by atoms with E-state index in [1.165, 1.54) is 0 Å². The van der Waals surface area contributed by atoms with Crippen molar-refractivity contribution in [2.75, 3.05) is 7.05 Å². The number of rotatable bonds is 5. The fourth-order valence-electron chi connectivity index (χ4n) is 3.16. The Hall–Kier alpha value is -3.73. The summed E-state index contributed by atoms with van der Waals surface area (Å²) in [7, 11) is 1.80. The van der Waals surface area contributed by atoms with E-state index in [2.05, 4.69) is 10.1 Å². The fraction of sp³-hybridized carbons (Fsp3) is 0.0870. The van der Waals surface area contributed by atoms with Gasteiger partial charge in [-0.1, -0.05) is 42.5 Å². The first-order valence-corrected chi connectivity index (χ1v) is 9.06. The largest absolute Gasteiger partial charge is 0.337 e. The Balaban J connectivity index is 1.61. The third kappa shape index (κ3) is 3.69. The molecule has 0 unspecified atom stereocenters. The van der Waals surface area contributed by atoms with Crippen molar-refractivity contribution in [3.8, 4) is 16.9 Å². The molecule has 5 nitrogen and oxygen atoms in total. The Morgan fingerprint density at radius 2 is 1.82 bits per heavy atom. The number of amides is 1. The molecule has 0 saturated carbocycles. The van der Waals surface area contributed by atoms with Crippen molar-refractivity contribution >= 4 is 5.91 Å². The van der Waals surface area contributed by atoms with Gasteiger partial charge in [-0.2, -0.15) is 5.10 Å². The van der Waals surface area contributed by atoms with Crippen LogP contribution in [-0.4, -0.2) is 32.6 Å². The Morgan fingerprint density at radius 1 is 0.964 bits per heavy atom. The van der Waals surface area contributed by atoms with Crippen LogP contribution in [0.1, 0.15) is 15.9 Å². The van der Waals surface area contributed by atoms with Gasteiger partial charge >= 0.3 is 0 Å². The Morgan fingerprint density at radius 3 is 2.61 bits per heavy atom. The first-order valence-electron chi connectivity index (χ1n) is 9.06. The highest BCUT2D eigenvalue weighted by molar-refractivity contribution is 5.94. The number of carbonyl (C=O) groups excluding carboxylic acids is 1. The van der Waals surface area contributed by atoms with Crippen LogP contribution in [0.25, 0.3) is 16.9 Å². The Labute approximate surface area is 163 Å². The summed E-state index contributed by atoms with van der Waals surface area (Å²) >= 11 is 0. The van der Waals surface area contributed by atoms with Crippen molar-refractivity contribution in [1.82, 2.24) is 19.7 Å². The second-order valence-corrected chi connectivity index (χ2v) is 6.57. The third-order valence-electron chi connectivity index (χ3n) is 4.54. The maximum atomic E-state index is 12.9. The SMILES string of the molecule is CN(Cc1cccnc1)C(=O)c1cccc(-n2nccc2-c2ccccc2)c1. The molecule has 1 amide bonds. The van der Waals surface area contributed by atoms with Gasteiger partial charge in [-0.05, 0) is 35.9 Å². The molecule has 0 N–H and O–H groups in total. The summed E-state index contributed by atoms with van der Waals surface area (Å²) in [6.07, 6.45) is 5.27. The summed E-state index contributed by atoms with van der Waals surface area (Å²) in [4.78, 5) is 18.7. The average Bonchev–Trinajstić information content (AvgIpc) is 3.25. The van der Waals surface area contributed by atoms with Crippen LogP contribution in [0.15, 0.2) is 91.4 Å². The lowest BCUT2D eigenvalue weighted by molar-refractivity contribution is 0.0785. The molecule has 0 aliphatic rings. The molecule has 0 radical (unpaired) electrons. The van der Waals surface area contributed by atoms with E-state index in [0.717, 1.165) is 22.5 Å². The molecular weight excluding hydrogens is 348 g/mol. The molecule has 0 aliphatic heterocycles. The molecule has 0 bridgehead atoms. The van der Waals surface area contributed by atoms with Crippen molar-refractivity contribution < 1.29 is 4.79 Å². The number of benzene rings is 2. The highest BCUT2D eigenvalue weighted by Crippen LogP contribution is 2.23. The minimum Gasteiger partial charge on any atom is -0.337 e. The van der Waals surface area contributed by atoms with Gasteiger partial charge in [0.15, 0.2) is 0 Å². The van der Waals surface area contributed by atoms with E-state index in [-0.39, 0.29) is 5.91 Å². The smallest absolute Gasteiger partial charge is 0.253 e. The number of hydrogen-bond acceptors (Lipinski definition) is 3. The predicted molar refractivity (Wildman–Crippen MR) is 109 cm³/mol. The van der Waals surface area contributed by atoms with E-state index in [1.54, 1.807) is 30.5 Å². The van der Waals surface area contributed by atoms with Crippen LogP contribution in [0.4, 0.5) is 0 Å². The number of aromatic nitrogens is 3. The van der Waals surface area contributed by atoms with Gasteiger partial charge in [0.25, 0.3) is 5.91 Å². The molecule has 4 rings (SSSR count). The number of pyridine rings is 1. The standard InChI is InChI=1S/C23H20N4O/c1-26(17-18-7-6-13-24-16-18)23(28)20-10-5-11-21(15-20)27-22(12-14-25-27)19-8-3-2-4-9-19/h2-16H,17H2,1H3. The number of carbonyl (C=O) groups is 1. The first kappa shape index (κ1) is 17.7. The van der Waals surface area contributed by atoms with Crippen LogP contribution >= 0.6 is 0 Å². The van der Waals surface area contributed by atoms with E-state index >= 15 is 0 Å². The van der Waals surface area contributed by atoms with Crippen molar-refractivity contribution in [2.24, 2.45) is 0 Å². The van der Waals surface area contributed by atoms with E-state index in [4.69, 9.17) is 0 Å². The van der Waals surface area contributed by atoms with Gasteiger partial charge in [0.2, 0.25) is 0 Å². The van der Waals surface area contributed by atoms with Crippen molar-refractivity contribution in [3.63, 3.8) is 0 Å². The molecular formula is C23H20N4O. The summed E-state index contributed by atoms with van der Waals surface area (Å²) in [5.41, 5.74) is 4.52. The van der Waals surface area contributed by atoms with E-state index in [9.17, 15) is 4.79 Å². The molecule has 2 aromatic carbocycles. The molecule has 2 heterocycles. The predicted octanol–water partition coefficient (Wildman–Crippen LogP) is 4.21. The van der Waals surface area contributed by atoms with Gasteiger partial charge in [-0.3, -0.25) is 9.78 Å². The van der Waals surface area contributed by atoms with Crippen LogP contribution in [0.2, 0.25) is 0 Å². The lowest BCUT2D eigenvalue weighted by Crippen LogP contribution is -2.26. The highest BCUT2D eigenvalue weighted by Gasteiger charge is 2.14. The zero-order chi connectivity index (χ0) is 19.3. The molecule has 28 heavy (non-hydrogen) atoms. The summed E-state index contributed by atoms with van der Waals surface area (Å²) < 4.78 is 1.85. The second-order valence-electron chi connectivity index (χ2n) is 6.57. The molecule has 0 spiro atoms. The van der Waals surface area contributed by atoms with Gasteiger partial charge in [0.05, 0.1) is 17.6 Å². The Bertz CT molecular complexity index is 1070. The number of nitrogens with zero attached hydrogens (tertiary/aromatic N) is 4. The van der Waals surface area contributed by atoms with Gasteiger partial charge in [0, 0.05) is 37.1 Å². The summed E-state index contributed by atoms with van der Waals surface area (Å²) in [6, 6.07) is 23.4. The normalized spacial score (nSPS) is 10.6. The van der Waals surface area contributed by atoms with E-state index in [1.807, 2.05) is 77.5 Å². The minimum absolute atomic E-state index is 0.0425. The van der Waals surface area contributed by atoms with Crippen LogP contribution in [0.5, 0.6) is 0 Å². The van der Waals surface area contributed by atoms with Crippen LogP contribution in [0, 0.1) is 0 Å². The van der Waals surface area contributed by atoms with Crippen LogP contribution in [-0.2, 0) is 6.54 Å². The number of hydrogen-bond donors (Lipinski definition) is 0. The zero-order valence-corrected chi connectivity index (χ0v) is 15.6. The third-order valence-corrected chi connectivity index (χ3v) is 4.54. The molecule has 2 aromatic heterocycles. The molecule has 0 fully saturated rings. The van der Waals surface area contributed by atoms with Gasteiger partial charge in [-0.25, -0.2) is 4.68 Å². The molecule has 0 saturated heterocycles. The Kier molecular flexibility index (Phi) is 4.97. The maximum absolute atomic E-state index is 12.9. The summed E-state index contributed by atoms with van der Waals surface area (Å²) in [6.45, 7) is 0.508. The molecule has 0 aliphatic carbocycles. The van der Waals surface area contributed by atoms with Crippen LogP contribution < -0.4 is 0 Å². The van der Waals surface area contributed by atoms with Crippen molar-refractivity contribution in [1.29, 1.82) is 0 Å². The molecule has 138 valence electrons. The maximum Gasteiger partial charge on any atom is 0.253 e. The van der Waals surface area contributed by atoms with E-state index < -0.39 is 0 Å². The lowest BCUT2D eigenvalue weighted by Gasteiger charge is -2.18. The average molecular weight is 368 g/mol. The van der Waals surface area contributed by atoms with Gasteiger partial charge in [-0.15, -0.1) is 0 Å². The van der Waals surface area contributed by atoms with Crippen LogP contribution in [0.3, 0.4) is 0 Å². The van der Waals surface area contributed by atoms with Gasteiger partial charge in [0.1, 0.15) is 0 Å². The topological polar surface area (TPSA) is 51.0 Å². The van der Waals surface area contributed by atoms with Gasteiger partial charge < -0.3 is 4.90 Å². The minimum atomic E-state index is -0.0425. The first-order chi connectivity index (χ1) is 13.7. The quantitative estimate of drug-likeness (QED) is 0.530. The molecule has 5 heteroatoms. The van der Waals surface area contributed by atoms with E-state index in [0.29, 0.717) is 12.1 Å². The second kappa shape index (κ2) is 7.88. The van der Waals surface area contributed by atoms with Crippen molar-refractivity contribution in [2.45, 2.75) is 6.54 Å². The zero-order valence-electron chi connectivity index (χ0n) is 15.6. The summed E-state index contributed by atoms with van der Waals surface area (Å²) in [5.74, 6) is -0.0425. The monoisotopic (exact) mass is 368 g/mol. The summed E-state index contributed by atoms with van der Waals surface area (Å²) in [5, 5.41) is 4.46. The highest BCUT2D eigenvalue weighted by atomic mass is 16.2. The van der Waals surface area contributed by atoms with Crippen molar-refractivity contribution in [3.05, 3.63) is 103 Å². The molecule has 0 atom stereocenters. The lowest BCUT2D eigenvalue weighted by atomic mass is 10.1. The fourth-order valence-corrected chi connectivity index (χ4v) is 3.16. The molecule has 4 aromatic rings.